The molecule has 0 aliphatic rings. The molecule has 1 atom stereocenters. The van der Waals surface area contributed by atoms with Crippen molar-refractivity contribution < 1.29 is 0 Å². The highest BCUT2D eigenvalue weighted by atomic mass is 35.5. The summed E-state index contributed by atoms with van der Waals surface area (Å²) >= 11 is 11.8. The maximum absolute atomic E-state index is 5.92. The summed E-state index contributed by atoms with van der Waals surface area (Å²) < 4.78 is 0. The van der Waals surface area contributed by atoms with Crippen LogP contribution >= 0.6 is 23.2 Å². The largest absolute Gasteiger partial charge is 0.396 e. The van der Waals surface area contributed by atoms with Gasteiger partial charge in [-0.25, -0.2) is 0 Å². The number of benzene rings is 1. The molecule has 0 aliphatic heterocycles. The van der Waals surface area contributed by atoms with Crippen molar-refractivity contribution in [2.75, 3.05) is 12.8 Å². The number of halogens is 2. The number of nitrogens with one attached hydrogen (secondary N) is 1. The van der Waals surface area contributed by atoms with Gasteiger partial charge >= 0.3 is 0 Å². The molecule has 3 N–H and O–H groups in total. The Bertz CT molecular complexity index is 303. The number of hydrogen-bond acceptors (Lipinski definition) is 2. The van der Waals surface area contributed by atoms with Gasteiger partial charge in [-0.2, -0.15) is 0 Å². The van der Waals surface area contributed by atoms with E-state index in [-0.39, 0.29) is 0 Å². The summed E-state index contributed by atoms with van der Waals surface area (Å²) in [5, 5.41) is 4.20. The zero-order valence-electron chi connectivity index (χ0n) is 8.27. The highest BCUT2D eigenvalue weighted by Crippen LogP contribution is 2.29. The lowest BCUT2D eigenvalue weighted by atomic mass is 10.1. The summed E-state index contributed by atoms with van der Waals surface area (Å²) in [4.78, 5) is 0. The minimum absolute atomic E-state index is 0.394. The summed E-state index contributed by atoms with van der Waals surface area (Å²) in [5.41, 5.74) is 7.18. The third-order valence-electron chi connectivity index (χ3n) is 2.17. The maximum Gasteiger partial charge on any atom is 0.0693 e. The van der Waals surface area contributed by atoms with Crippen molar-refractivity contribution in [2.24, 2.45) is 0 Å². The molecule has 14 heavy (non-hydrogen) atoms. The average molecular weight is 233 g/mol. The van der Waals surface area contributed by atoms with Gasteiger partial charge in [0.1, 0.15) is 0 Å². The molecule has 0 aliphatic carbocycles. The van der Waals surface area contributed by atoms with Crippen LogP contribution in [0.3, 0.4) is 0 Å². The van der Waals surface area contributed by atoms with Gasteiger partial charge in [-0.05, 0) is 38.1 Å². The summed E-state index contributed by atoms with van der Waals surface area (Å²) in [5.74, 6) is 0. The Morgan fingerprint density at radius 1 is 1.36 bits per heavy atom. The van der Waals surface area contributed by atoms with Gasteiger partial charge in [0.05, 0.1) is 15.7 Å². The lowest BCUT2D eigenvalue weighted by Crippen LogP contribution is -2.23. The van der Waals surface area contributed by atoms with E-state index in [4.69, 9.17) is 28.9 Å². The first-order chi connectivity index (χ1) is 6.54. The van der Waals surface area contributed by atoms with Crippen molar-refractivity contribution in [3.8, 4) is 0 Å². The van der Waals surface area contributed by atoms with E-state index in [9.17, 15) is 0 Å². The van der Waals surface area contributed by atoms with E-state index in [2.05, 4.69) is 12.2 Å². The fraction of sp³-hybridized carbons (Fsp3) is 0.400. The van der Waals surface area contributed by atoms with Gasteiger partial charge in [-0.3, -0.25) is 0 Å². The van der Waals surface area contributed by atoms with Gasteiger partial charge in [0.2, 0.25) is 0 Å². The fourth-order valence-corrected chi connectivity index (χ4v) is 1.74. The van der Waals surface area contributed by atoms with Crippen LogP contribution in [0, 0.1) is 0 Å². The highest BCUT2D eigenvalue weighted by molar-refractivity contribution is 6.38. The second-order valence-corrected chi connectivity index (χ2v) is 4.18. The molecule has 2 nitrogen and oxygen atoms in total. The topological polar surface area (TPSA) is 38.0 Å². The molecule has 0 radical (unpaired) electrons. The molecule has 1 unspecified atom stereocenters. The van der Waals surface area contributed by atoms with Crippen molar-refractivity contribution in [1.29, 1.82) is 0 Å². The van der Waals surface area contributed by atoms with Gasteiger partial charge in [0.15, 0.2) is 0 Å². The molecular weight excluding hydrogens is 219 g/mol. The van der Waals surface area contributed by atoms with Crippen LogP contribution in [0.5, 0.6) is 0 Å². The van der Waals surface area contributed by atoms with Crippen LogP contribution in [0.2, 0.25) is 10.0 Å². The molecule has 1 aromatic rings. The first-order valence-corrected chi connectivity index (χ1v) is 5.21. The van der Waals surface area contributed by atoms with Crippen LogP contribution in [-0.4, -0.2) is 13.1 Å². The standard InChI is InChI=1S/C10H14Cl2N2/c1-6(14-2)3-7-4-8(11)10(13)9(12)5-7/h4-6,14H,3,13H2,1-2H3. The number of hydrogen-bond donors (Lipinski definition) is 2. The highest BCUT2D eigenvalue weighted by Gasteiger charge is 2.06. The number of anilines is 1. The van der Waals surface area contributed by atoms with Crippen molar-refractivity contribution in [1.82, 2.24) is 5.32 Å². The number of likely N-dealkylation sites (N-methyl/N-ethyl adjacent to an activating group) is 1. The fourth-order valence-electron chi connectivity index (χ4n) is 1.21. The van der Waals surface area contributed by atoms with Crippen molar-refractivity contribution in [3.63, 3.8) is 0 Å². The molecule has 0 spiro atoms. The normalized spacial score (nSPS) is 12.9. The molecule has 0 heterocycles. The predicted molar refractivity (Wildman–Crippen MR) is 63.1 cm³/mol. The van der Waals surface area contributed by atoms with E-state index in [1.54, 1.807) is 0 Å². The summed E-state index contributed by atoms with van der Waals surface area (Å²) in [7, 11) is 1.92. The zero-order chi connectivity index (χ0) is 10.7. The zero-order valence-corrected chi connectivity index (χ0v) is 9.78. The number of nitrogens with two attached hydrogens (primary N) is 1. The van der Waals surface area contributed by atoms with Crippen LogP contribution in [0.4, 0.5) is 5.69 Å². The molecule has 0 saturated carbocycles. The minimum Gasteiger partial charge on any atom is -0.396 e. The monoisotopic (exact) mass is 232 g/mol. The number of rotatable bonds is 3. The van der Waals surface area contributed by atoms with E-state index < -0.39 is 0 Å². The Balaban J connectivity index is 2.89. The van der Waals surface area contributed by atoms with Crippen molar-refractivity contribution >= 4 is 28.9 Å². The van der Waals surface area contributed by atoms with Crippen LogP contribution in [-0.2, 0) is 6.42 Å². The molecule has 0 saturated heterocycles. The molecule has 0 fully saturated rings. The SMILES string of the molecule is CNC(C)Cc1cc(Cl)c(N)c(Cl)c1. The van der Waals surface area contributed by atoms with Gasteiger partial charge in [-0.15, -0.1) is 0 Å². The molecule has 1 aromatic carbocycles. The van der Waals surface area contributed by atoms with Gasteiger partial charge < -0.3 is 11.1 Å². The van der Waals surface area contributed by atoms with E-state index >= 15 is 0 Å². The lowest BCUT2D eigenvalue weighted by molar-refractivity contribution is 0.608. The molecule has 0 bridgehead atoms. The second kappa shape index (κ2) is 4.87. The predicted octanol–water partition coefficient (Wildman–Crippen LogP) is 2.73. The quantitative estimate of drug-likeness (QED) is 0.787. The van der Waals surface area contributed by atoms with Gasteiger partial charge in [0, 0.05) is 6.04 Å². The summed E-state index contributed by atoms with van der Waals surface area (Å²) in [6.07, 6.45) is 0.885. The van der Waals surface area contributed by atoms with Crippen LogP contribution in [0.25, 0.3) is 0 Å². The smallest absolute Gasteiger partial charge is 0.0693 e. The van der Waals surface area contributed by atoms with E-state index in [1.165, 1.54) is 0 Å². The van der Waals surface area contributed by atoms with Crippen LogP contribution in [0.1, 0.15) is 12.5 Å². The molecule has 4 heteroatoms. The Labute approximate surface area is 94.4 Å². The average Bonchev–Trinajstić information content (AvgIpc) is 2.14. The van der Waals surface area contributed by atoms with Gasteiger partial charge in [0.25, 0.3) is 0 Å². The second-order valence-electron chi connectivity index (χ2n) is 3.37. The van der Waals surface area contributed by atoms with Crippen LogP contribution < -0.4 is 11.1 Å². The van der Waals surface area contributed by atoms with E-state index in [1.807, 2.05) is 19.2 Å². The van der Waals surface area contributed by atoms with Crippen LogP contribution in [0.15, 0.2) is 12.1 Å². The van der Waals surface area contributed by atoms with Gasteiger partial charge in [-0.1, -0.05) is 23.2 Å². The lowest BCUT2D eigenvalue weighted by Gasteiger charge is -2.11. The molecule has 0 amide bonds. The maximum atomic E-state index is 5.92. The first-order valence-electron chi connectivity index (χ1n) is 4.45. The Morgan fingerprint density at radius 2 is 1.86 bits per heavy atom. The Morgan fingerprint density at radius 3 is 2.29 bits per heavy atom. The Kier molecular flexibility index (Phi) is 4.05. The Hall–Kier alpha value is -0.440. The molecule has 0 aromatic heterocycles. The minimum atomic E-state index is 0.394. The van der Waals surface area contributed by atoms with E-state index in [0.717, 1.165) is 12.0 Å². The molecule has 1 rings (SSSR count). The summed E-state index contributed by atoms with van der Waals surface area (Å²) in [6.45, 7) is 2.10. The number of nitrogen functional groups attached to an aromatic ring is 1. The third-order valence-corrected chi connectivity index (χ3v) is 2.80. The molecule has 78 valence electrons. The van der Waals surface area contributed by atoms with Crippen molar-refractivity contribution in [3.05, 3.63) is 27.7 Å². The molecular formula is C10H14Cl2N2. The summed E-state index contributed by atoms with van der Waals surface area (Å²) in [6, 6.07) is 4.11. The first kappa shape index (κ1) is 11.6. The third kappa shape index (κ3) is 2.77. The van der Waals surface area contributed by atoms with Crippen molar-refractivity contribution in [2.45, 2.75) is 19.4 Å². The van der Waals surface area contributed by atoms with E-state index in [0.29, 0.717) is 21.8 Å².